The number of amides is 1. The lowest BCUT2D eigenvalue weighted by Gasteiger charge is -2.04. The number of aromatic nitrogens is 1. The Kier molecular flexibility index (Phi) is 3.92. The Labute approximate surface area is 109 Å². The number of hydrogen-bond donors (Lipinski definition) is 2. The Morgan fingerprint density at radius 1 is 1.21 bits per heavy atom. The van der Waals surface area contributed by atoms with Crippen LogP contribution in [-0.2, 0) is 17.8 Å². The van der Waals surface area contributed by atoms with Gasteiger partial charge in [-0.25, -0.2) is 4.79 Å². The van der Waals surface area contributed by atoms with E-state index >= 15 is 0 Å². The number of benzene rings is 1. The van der Waals surface area contributed by atoms with Gasteiger partial charge in [0.1, 0.15) is 6.26 Å². The molecule has 1 aromatic carbocycles. The van der Waals surface area contributed by atoms with Crippen LogP contribution in [0.1, 0.15) is 21.6 Å². The third-order valence-corrected chi connectivity index (χ3v) is 2.52. The largest absolute Gasteiger partial charge is 0.478 e. The fourth-order valence-electron chi connectivity index (χ4n) is 1.52. The lowest BCUT2D eigenvalue weighted by molar-refractivity contribution is -0.120. The van der Waals surface area contributed by atoms with Crippen molar-refractivity contribution in [2.75, 3.05) is 0 Å². The minimum atomic E-state index is -0.971. The maximum absolute atomic E-state index is 11.6. The summed E-state index contributed by atoms with van der Waals surface area (Å²) in [5, 5.41) is 15.1. The molecular formula is C13H12N2O4. The smallest absolute Gasteiger partial charge is 0.335 e. The van der Waals surface area contributed by atoms with E-state index in [1.54, 1.807) is 18.2 Å². The minimum Gasteiger partial charge on any atom is -0.478 e. The van der Waals surface area contributed by atoms with Crippen molar-refractivity contribution in [1.29, 1.82) is 0 Å². The predicted octanol–water partition coefficient (Wildman–Crippen LogP) is 1.23. The summed E-state index contributed by atoms with van der Waals surface area (Å²) in [6.07, 6.45) is 1.57. The van der Waals surface area contributed by atoms with Crippen molar-refractivity contribution in [1.82, 2.24) is 10.5 Å². The predicted molar refractivity (Wildman–Crippen MR) is 65.5 cm³/mol. The zero-order valence-corrected chi connectivity index (χ0v) is 10.00. The third-order valence-electron chi connectivity index (χ3n) is 2.52. The summed E-state index contributed by atoms with van der Waals surface area (Å²) in [6, 6.07) is 7.96. The third kappa shape index (κ3) is 3.67. The molecule has 0 saturated heterocycles. The van der Waals surface area contributed by atoms with E-state index in [9.17, 15) is 9.59 Å². The number of rotatable bonds is 5. The first-order valence-electron chi connectivity index (χ1n) is 5.63. The molecule has 1 amide bonds. The van der Waals surface area contributed by atoms with E-state index in [0.29, 0.717) is 12.2 Å². The number of carboxylic acids is 1. The number of aromatic carboxylic acids is 1. The lowest BCUT2D eigenvalue weighted by Crippen LogP contribution is -2.24. The van der Waals surface area contributed by atoms with Gasteiger partial charge in [-0.2, -0.15) is 0 Å². The van der Waals surface area contributed by atoms with Crippen molar-refractivity contribution in [3.05, 3.63) is 53.4 Å². The average Bonchev–Trinajstić information content (AvgIpc) is 2.89. The molecular weight excluding hydrogens is 248 g/mol. The van der Waals surface area contributed by atoms with Crippen LogP contribution in [0.25, 0.3) is 0 Å². The van der Waals surface area contributed by atoms with E-state index in [2.05, 4.69) is 15.0 Å². The number of carbonyl (C=O) groups excluding carboxylic acids is 1. The fraction of sp³-hybridized carbons (Fsp3) is 0.154. The maximum atomic E-state index is 11.6. The van der Waals surface area contributed by atoms with E-state index < -0.39 is 5.97 Å². The second-order valence-corrected chi connectivity index (χ2v) is 3.95. The Morgan fingerprint density at radius 2 is 1.95 bits per heavy atom. The number of nitrogens with one attached hydrogen (secondary N) is 1. The highest BCUT2D eigenvalue weighted by atomic mass is 16.5. The van der Waals surface area contributed by atoms with E-state index in [1.807, 2.05) is 0 Å². The van der Waals surface area contributed by atoms with Gasteiger partial charge in [0.2, 0.25) is 5.91 Å². The molecule has 2 aromatic rings. The van der Waals surface area contributed by atoms with Crippen LogP contribution in [0.4, 0.5) is 0 Å². The van der Waals surface area contributed by atoms with Crippen LogP contribution in [0.2, 0.25) is 0 Å². The number of hydrogen-bond acceptors (Lipinski definition) is 4. The van der Waals surface area contributed by atoms with Crippen LogP contribution in [0.3, 0.4) is 0 Å². The summed E-state index contributed by atoms with van der Waals surface area (Å²) in [6.45, 7) is 0.344. The Bertz CT molecular complexity index is 561. The highest BCUT2D eigenvalue weighted by Gasteiger charge is 2.06. The standard InChI is InChI=1S/C13H12N2O4/c16-12(7-11-5-6-19-15-11)14-8-9-1-3-10(4-2-9)13(17)18/h1-6H,7-8H2,(H,14,16)(H,17,18). The summed E-state index contributed by atoms with van der Waals surface area (Å²) in [5.74, 6) is -1.14. The molecule has 0 atom stereocenters. The Morgan fingerprint density at radius 3 is 2.53 bits per heavy atom. The van der Waals surface area contributed by atoms with Gasteiger partial charge >= 0.3 is 5.97 Å². The van der Waals surface area contributed by atoms with Gasteiger partial charge in [0.25, 0.3) is 0 Å². The van der Waals surface area contributed by atoms with Crippen LogP contribution >= 0.6 is 0 Å². The first-order valence-corrected chi connectivity index (χ1v) is 5.63. The quantitative estimate of drug-likeness (QED) is 0.843. The van der Waals surface area contributed by atoms with E-state index in [-0.39, 0.29) is 17.9 Å². The molecule has 0 fully saturated rings. The van der Waals surface area contributed by atoms with E-state index in [4.69, 9.17) is 5.11 Å². The molecule has 19 heavy (non-hydrogen) atoms. The van der Waals surface area contributed by atoms with Gasteiger partial charge in [0, 0.05) is 12.6 Å². The Hall–Kier alpha value is -2.63. The second kappa shape index (κ2) is 5.81. The first kappa shape index (κ1) is 12.8. The molecule has 6 heteroatoms. The highest BCUT2D eigenvalue weighted by Crippen LogP contribution is 2.04. The molecule has 98 valence electrons. The minimum absolute atomic E-state index is 0.156. The Balaban J connectivity index is 1.84. The molecule has 0 aliphatic rings. The topological polar surface area (TPSA) is 92.4 Å². The van der Waals surface area contributed by atoms with Crippen molar-refractivity contribution >= 4 is 11.9 Å². The molecule has 0 aliphatic carbocycles. The van der Waals surface area contributed by atoms with Crippen molar-refractivity contribution in [2.45, 2.75) is 13.0 Å². The number of nitrogens with zero attached hydrogens (tertiary/aromatic N) is 1. The molecule has 0 bridgehead atoms. The van der Waals surface area contributed by atoms with Crippen molar-refractivity contribution in [2.24, 2.45) is 0 Å². The normalized spacial score (nSPS) is 10.1. The monoisotopic (exact) mass is 260 g/mol. The maximum Gasteiger partial charge on any atom is 0.335 e. The molecule has 0 aliphatic heterocycles. The molecule has 0 saturated carbocycles. The van der Waals surface area contributed by atoms with E-state index in [1.165, 1.54) is 18.4 Å². The molecule has 1 heterocycles. The number of carboxylic acid groups (broad SMARTS) is 1. The van der Waals surface area contributed by atoms with Crippen LogP contribution < -0.4 is 5.32 Å². The molecule has 0 radical (unpaired) electrons. The van der Waals surface area contributed by atoms with Gasteiger partial charge in [0.05, 0.1) is 17.7 Å². The first-order chi connectivity index (χ1) is 9.15. The average molecular weight is 260 g/mol. The van der Waals surface area contributed by atoms with Crippen molar-refractivity contribution in [3.8, 4) is 0 Å². The summed E-state index contributed by atoms with van der Waals surface area (Å²) in [4.78, 5) is 22.2. The molecule has 2 N–H and O–H groups in total. The molecule has 6 nitrogen and oxygen atoms in total. The summed E-state index contributed by atoms with van der Waals surface area (Å²) in [7, 11) is 0. The molecule has 0 unspecified atom stereocenters. The van der Waals surface area contributed by atoms with Crippen LogP contribution in [0, 0.1) is 0 Å². The van der Waals surface area contributed by atoms with Gasteiger partial charge < -0.3 is 14.9 Å². The molecule has 2 rings (SSSR count). The van der Waals surface area contributed by atoms with Crippen LogP contribution in [0.5, 0.6) is 0 Å². The van der Waals surface area contributed by atoms with Crippen LogP contribution in [0.15, 0.2) is 41.1 Å². The van der Waals surface area contributed by atoms with Gasteiger partial charge in [-0.1, -0.05) is 17.3 Å². The van der Waals surface area contributed by atoms with E-state index in [0.717, 1.165) is 5.56 Å². The SMILES string of the molecule is O=C(Cc1ccon1)NCc1ccc(C(=O)O)cc1. The van der Waals surface area contributed by atoms with Crippen molar-refractivity contribution in [3.63, 3.8) is 0 Å². The van der Waals surface area contributed by atoms with Crippen molar-refractivity contribution < 1.29 is 19.2 Å². The fourth-order valence-corrected chi connectivity index (χ4v) is 1.52. The number of carbonyl (C=O) groups is 2. The van der Waals surface area contributed by atoms with Crippen LogP contribution in [-0.4, -0.2) is 22.1 Å². The van der Waals surface area contributed by atoms with Gasteiger partial charge in [0.15, 0.2) is 0 Å². The zero-order valence-electron chi connectivity index (χ0n) is 10.00. The van der Waals surface area contributed by atoms with Gasteiger partial charge in [-0.05, 0) is 17.7 Å². The summed E-state index contributed by atoms with van der Waals surface area (Å²) >= 11 is 0. The van der Waals surface area contributed by atoms with Gasteiger partial charge in [-0.3, -0.25) is 4.79 Å². The second-order valence-electron chi connectivity index (χ2n) is 3.95. The molecule has 0 spiro atoms. The highest BCUT2D eigenvalue weighted by molar-refractivity contribution is 5.87. The van der Waals surface area contributed by atoms with Gasteiger partial charge in [-0.15, -0.1) is 0 Å². The summed E-state index contributed by atoms with van der Waals surface area (Å²) in [5.41, 5.74) is 1.62. The molecule has 1 aromatic heterocycles. The zero-order chi connectivity index (χ0) is 13.7. The summed E-state index contributed by atoms with van der Waals surface area (Å²) < 4.78 is 4.63. The lowest BCUT2D eigenvalue weighted by atomic mass is 10.1.